The van der Waals surface area contributed by atoms with Crippen LogP contribution in [-0.2, 0) is 0 Å². The number of alkyl halides is 1. The van der Waals surface area contributed by atoms with Crippen molar-refractivity contribution in [2.45, 2.75) is 0.515 Å². The first kappa shape index (κ1) is 6.12. The van der Waals surface area contributed by atoms with Crippen molar-refractivity contribution in [1.29, 1.82) is 0 Å². The zero-order chi connectivity index (χ0) is 3.41. The molecule has 0 aliphatic carbocycles. The summed E-state index contributed by atoms with van der Waals surface area (Å²) in [5, 5.41) is 1.22. The molecule has 0 aromatic carbocycles. The van der Waals surface area contributed by atoms with Crippen molar-refractivity contribution in [3.63, 3.8) is 0 Å². The summed E-state index contributed by atoms with van der Waals surface area (Å²) in [6.07, 6.45) is 0. The molecule has 4 heavy (non-hydrogen) atoms. The SMILES string of the molecule is [K][CH2]CBr. The second-order valence-corrected chi connectivity index (χ2v) is 3.04. The molecule has 0 saturated heterocycles. The third-order valence-corrected chi connectivity index (χ3v) is 4.05. The number of rotatable bonds is 1. The summed E-state index contributed by atoms with van der Waals surface area (Å²) in [5.41, 5.74) is 0. The van der Waals surface area contributed by atoms with E-state index in [-0.39, 0.29) is 0 Å². The van der Waals surface area contributed by atoms with E-state index in [0.29, 0.717) is 0 Å². The first-order valence-electron chi connectivity index (χ1n) is 1.47. The minimum absolute atomic E-state index is 1.07. The molecule has 0 nitrogen and oxygen atoms in total. The first-order valence-corrected chi connectivity index (χ1v) is 4.80. The molecule has 0 atom stereocenters. The molecule has 0 unspecified atom stereocenters. The van der Waals surface area contributed by atoms with Gasteiger partial charge in [0.2, 0.25) is 0 Å². The van der Waals surface area contributed by atoms with Gasteiger partial charge in [0.25, 0.3) is 0 Å². The average Bonchev–Trinajstić information content (AvgIpc) is 1.37. The summed E-state index contributed by atoms with van der Waals surface area (Å²) >= 11 is 4.36. The van der Waals surface area contributed by atoms with Gasteiger partial charge in [0.15, 0.2) is 0 Å². The fourth-order valence-corrected chi connectivity index (χ4v) is 0. The topological polar surface area (TPSA) is 0 Å². The van der Waals surface area contributed by atoms with E-state index in [9.17, 15) is 0 Å². The van der Waals surface area contributed by atoms with E-state index >= 15 is 0 Å². The zero-order valence-electron chi connectivity index (χ0n) is 2.79. The van der Waals surface area contributed by atoms with Crippen molar-refractivity contribution in [1.82, 2.24) is 0 Å². The molecule has 0 saturated carbocycles. The van der Waals surface area contributed by atoms with Crippen LogP contribution in [0.5, 0.6) is 0 Å². The van der Waals surface area contributed by atoms with Gasteiger partial charge in [-0.1, -0.05) is 0 Å². The third-order valence-electron chi connectivity index (χ3n) is 0.189. The van der Waals surface area contributed by atoms with Crippen molar-refractivity contribution in [2.75, 3.05) is 5.33 Å². The van der Waals surface area contributed by atoms with Crippen molar-refractivity contribution in [3.05, 3.63) is 0 Å². The van der Waals surface area contributed by atoms with Gasteiger partial charge in [0, 0.05) is 0 Å². The Kier molecular flexibility index (Phi) is 7.82. The molecule has 0 spiro atoms. The Morgan fingerprint density at radius 3 is 2.00 bits per heavy atom. The van der Waals surface area contributed by atoms with Gasteiger partial charge in [-0.15, -0.1) is 0 Å². The van der Waals surface area contributed by atoms with Crippen LogP contribution in [0.2, 0.25) is 0.515 Å². The van der Waals surface area contributed by atoms with Crippen LogP contribution in [0, 0.1) is 0 Å². The van der Waals surface area contributed by atoms with Gasteiger partial charge in [0.1, 0.15) is 0 Å². The minimum atomic E-state index is 1.07. The second kappa shape index (κ2) is 5.12. The fraction of sp³-hybridized carbons (Fsp3) is 1.00. The van der Waals surface area contributed by atoms with Gasteiger partial charge in [-0.2, -0.15) is 0 Å². The molecule has 0 bridgehead atoms. The molecule has 0 aliphatic rings. The summed E-state index contributed by atoms with van der Waals surface area (Å²) in [5.74, 6) is 0. The average molecular weight is 147 g/mol. The molecule has 0 aromatic rings. The van der Waals surface area contributed by atoms with E-state index in [1.807, 2.05) is 0 Å². The van der Waals surface area contributed by atoms with E-state index in [2.05, 4.69) is 15.9 Å². The van der Waals surface area contributed by atoms with Gasteiger partial charge in [-0.3, -0.25) is 0 Å². The molecule has 0 amide bonds. The molecule has 0 aliphatic heterocycles. The molecule has 0 aromatic heterocycles. The standard InChI is InChI=1S/C2H4Br.K/c1-2-3;/h1-2H2;. The molecule has 0 heterocycles. The van der Waals surface area contributed by atoms with E-state index in [1.54, 1.807) is 0 Å². The van der Waals surface area contributed by atoms with Crippen molar-refractivity contribution in [2.24, 2.45) is 0 Å². The molecule has 20 valence electrons. The molecular weight excluding hydrogens is 143 g/mol. The van der Waals surface area contributed by atoms with Gasteiger partial charge < -0.3 is 0 Å². The quantitative estimate of drug-likeness (QED) is 0.383. The van der Waals surface area contributed by atoms with E-state index < -0.39 is 0 Å². The van der Waals surface area contributed by atoms with Crippen LogP contribution in [0.15, 0.2) is 0 Å². The van der Waals surface area contributed by atoms with Crippen LogP contribution in [0.3, 0.4) is 0 Å². The Labute approximate surface area is 69.1 Å². The predicted molar refractivity (Wildman–Crippen MR) is 24.4 cm³/mol. The van der Waals surface area contributed by atoms with Crippen molar-refractivity contribution >= 4 is 64.9 Å². The maximum absolute atomic E-state index is 3.30. The van der Waals surface area contributed by atoms with Crippen molar-refractivity contribution < 1.29 is 0 Å². The Morgan fingerprint density at radius 2 is 2.00 bits per heavy atom. The summed E-state index contributed by atoms with van der Waals surface area (Å²) < 4.78 is 1.42. The van der Waals surface area contributed by atoms with E-state index in [4.69, 9.17) is 0 Å². The van der Waals surface area contributed by atoms with Crippen LogP contribution >= 0.6 is 15.9 Å². The molecule has 0 N–H and O–H groups in total. The zero-order valence-corrected chi connectivity index (χ0v) is 7.50. The molecule has 0 rings (SSSR count). The number of hydrogen-bond acceptors (Lipinski definition) is 0. The monoisotopic (exact) mass is 146 g/mol. The Balaban J connectivity index is 1.97. The normalized spacial score (nSPS) is 7.75. The summed E-state index contributed by atoms with van der Waals surface area (Å²) in [6.45, 7) is 0. The Hall–Kier alpha value is 2.12. The van der Waals surface area contributed by atoms with Crippen LogP contribution in [-0.4, -0.2) is 54.3 Å². The van der Waals surface area contributed by atoms with E-state index in [0.717, 1.165) is 49.0 Å². The van der Waals surface area contributed by atoms with Crippen LogP contribution < -0.4 is 0 Å². The van der Waals surface area contributed by atoms with Gasteiger partial charge >= 0.3 is 70.7 Å². The van der Waals surface area contributed by atoms with Crippen LogP contribution in [0.4, 0.5) is 0 Å². The summed E-state index contributed by atoms with van der Waals surface area (Å²) in [6, 6.07) is 0. The third kappa shape index (κ3) is 4.12. The van der Waals surface area contributed by atoms with Gasteiger partial charge in [0.05, 0.1) is 0 Å². The fourth-order valence-electron chi connectivity index (χ4n) is 0. The van der Waals surface area contributed by atoms with Gasteiger partial charge in [-0.05, 0) is 0 Å². The Bertz CT molecular complexity index is 8.00. The second-order valence-electron chi connectivity index (χ2n) is 0.689. The summed E-state index contributed by atoms with van der Waals surface area (Å²) in [7, 11) is 0. The maximum atomic E-state index is 3.30. The predicted octanol–water partition coefficient (Wildman–Crippen LogP) is 0.968. The molecule has 0 radical (unpaired) electrons. The van der Waals surface area contributed by atoms with E-state index in [1.165, 1.54) is 5.85 Å². The number of hydrogen-bond donors (Lipinski definition) is 0. The van der Waals surface area contributed by atoms with Crippen molar-refractivity contribution in [3.8, 4) is 0 Å². The Morgan fingerprint density at radius 1 is 1.75 bits per heavy atom. The number of halogens is 1. The van der Waals surface area contributed by atoms with Crippen LogP contribution in [0.25, 0.3) is 0 Å². The van der Waals surface area contributed by atoms with Crippen LogP contribution in [0.1, 0.15) is 0 Å². The summed E-state index contributed by atoms with van der Waals surface area (Å²) in [4.78, 5) is 0. The van der Waals surface area contributed by atoms with Gasteiger partial charge in [-0.25, -0.2) is 0 Å². The first-order chi connectivity index (χ1) is 1.91. The molecule has 2 heteroatoms. The molecule has 0 fully saturated rings. The molecular formula is C2H4BrK.